The highest BCUT2D eigenvalue weighted by Gasteiger charge is 2.24. The summed E-state index contributed by atoms with van der Waals surface area (Å²) in [6, 6.07) is -0.249. The molecule has 76 valence electrons. The van der Waals surface area contributed by atoms with E-state index in [-0.39, 0.29) is 11.9 Å². The molecule has 2 atom stereocenters. The average Bonchev–Trinajstić information content (AvgIpc) is 2.28. The molecule has 0 aliphatic carbocycles. The smallest absolute Gasteiger partial charge is 0.239 e. The van der Waals surface area contributed by atoms with Crippen LogP contribution in [0.5, 0.6) is 0 Å². The summed E-state index contributed by atoms with van der Waals surface area (Å²) in [5, 5.41) is 0. The molecule has 1 saturated heterocycles. The van der Waals surface area contributed by atoms with Gasteiger partial charge in [0, 0.05) is 13.2 Å². The highest BCUT2D eigenvalue weighted by atomic mass is 16.5. The van der Waals surface area contributed by atoms with Gasteiger partial charge < -0.3 is 15.4 Å². The quantitative estimate of drug-likeness (QED) is 0.625. The summed E-state index contributed by atoms with van der Waals surface area (Å²) in [5.41, 5.74) is 5.55. The Hall–Kier alpha value is -0.610. The van der Waals surface area contributed by atoms with Gasteiger partial charge in [-0.1, -0.05) is 0 Å². The van der Waals surface area contributed by atoms with Crippen LogP contribution in [0.4, 0.5) is 0 Å². The molecule has 1 aliphatic heterocycles. The molecule has 4 nitrogen and oxygen atoms in total. The van der Waals surface area contributed by atoms with Crippen LogP contribution in [0.3, 0.4) is 0 Å². The molecule has 1 unspecified atom stereocenters. The Labute approximate surface area is 79.0 Å². The van der Waals surface area contributed by atoms with Crippen molar-refractivity contribution in [2.75, 3.05) is 19.8 Å². The van der Waals surface area contributed by atoms with Crippen molar-refractivity contribution >= 4 is 5.91 Å². The van der Waals surface area contributed by atoms with E-state index in [0.717, 1.165) is 19.6 Å². The van der Waals surface area contributed by atoms with Gasteiger partial charge in [0.25, 0.3) is 0 Å². The number of amides is 1. The van der Waals surface area contributed by atoms with Gasteiger partial charge in [0.05, 0.1) is 18.7 Å². The lowest BCUT2D eigenvalue weighted by Gasteiger charge is -2.27. The van der Waals surface area contributed by atoms with Crippen LogP contribution in [0, 0.1) is 0 Å². The van der Waals surface area contributed by atoms with Gasteiger partial charge in [0.15, 0.2) is 0 Å². The average molecular weight is 186 g/mol. The molecule has 0 aromatic carbocycles. The van der Waals surface area contributed by atoms with Crippen LogP contribution in [-0.2, 0) is 9.53 Å². The topological polar surface area (TPSA) is 55.6 Å². The van der Waals surface area contributed by atoms with E-state index in [4.69, 9.17) is 10.5 Å². The monoisotopic (exact) mass is 186 g/mol. The molecule has 0 radical (unpaired) electrons. The summed E-state index contributed by atoms with van der Waals surface area (Å²) in [4.78, 5) is 13.4. The Kier molecular flexibility index (Phi) is 3.69. The van der Waals surface area contributed by atoms with Gasteiger partial charge in [0.1, 0.15) is 0 Å². The molecule has 4 heteroatoms. The molecule has 0 saturated carbocycles. The van der Waals surface area contributed by atoms with Crippen molar-refractivity contribution in [1.82, 2.24) is 4.90 Å². The lowest BCUT2D eigenvalue weighted by molar-refractivity contribution is -0.134. The third-order valence-corrected chi connectivity index (χ3v) is 2.25. The second-order valence-corrected chi connectivity index (χ2v) is 3.60. The summed E-state index contributed by atoms with van der Waals surface area (Å²) in [5.74, 6) is 0.0259. The van der Waals surface area contributed by atoms with Crippen LogP contribution in [0.25, 0.3) is 0 Å². The van der Waals surface area contributed by atoms with Crippen molar-refractivity contribution in [2.45, 2.75) is 32.4 Å². The van der Waals surface area contributed by atoms with E-state index < -0.39 is 6.04 Å². The van der Waals surface area contributed by atoms with Crippen LogP contribution in [-0.4, -0.2) is 42.6 Å². The van der Waals surface area contributed by atoms with E-state index in [9.17, 15) is 4.79 Å². The number of nitrogens with two attached hydrogens (primary N) is 1. The fraction of sp³-hybridized carbons (Fsp3) is 0.889. The normalized spacial score (nSPS) is 26.7. The van der Waals surface area contributed by atoms with E-state index in [2.05, 4.69) is 0 Å². The van der Waals surface area contributed by atoms with E-state index >= 15 is 0 Å². The summed E-state index contributed by atoms with van der Waals surface area (Å²) < 4.78 is 5.33. The number of hydrogen-bond acceptors (Lipinski definition) is 3. The van der Waals surface area contributed by atoms with Crippen molar-refractivity contribution in [2.24, 2.45) is 5.73 Å². The van der Waals surface area contributed by atoms with Crippen LogP contribution in [0.2, 0.25) is 0 Å². The summed E-state index contributed by atoms with van der Waals surface area (Å²) in [7, 11) is 0. The number of carbonyl (C=O) groups excluding carboxylic acids is 1. The number of hydrogen-bond donors (Lipinski definition) is 1. The molecule has 1 aliphatic rings. The molecule has 1 rings (SSSR count). The minimum atomic E-state index is -0.402. The van der Waals surface area contributed by atoms with Gasteiger partial charge >= 0.3 is 0 Å². The van der Waals surface area contributed by atoms with Gasteiger partial charge in [0.2, 0.25) is 5.91 Å². The first kappa shape index (κ1) is 10.5. The first-order valence-corrected chi connectivity index (χ1v) is 4.76. The molecule has 1 heterocycles. The molecule has 13 heavy (non-hydrogen) atoms. The Balaban J connectivity index is 2.58. The molecule has 0 spiro atoms. The van der Waals surface area contributed by atoms with E-state index in [1.807, 2.05) is 11.8 Å². The Morgan fingerprint density at radius 1 is 1.69 bits per heavy atom. The van der Waals surface area contributed by atoms with Crippen molar-refractivity contribution in [3.8, 4) is 0 Å². The minimum Gasteiger partial charge on any atom is -0.379 e. The molecule has 0 aromatic heterocycles. The van der Waals surface area contributed by atoms with Gasteiger partial charge in [-0.05, 0) is 20.3 Å². The number of ether oxygens (including phenoxy) is 1. The van der Waals surface area contributed by atoms with Gasteiger partial charge in [-0.15, -0.1) is 0 Å². The summed E-state index contributed by atoms with van der Waals surface area (Å²) in [6.07, 6.45) is 0.906. The zero-order valence-corrected chi connectivity index (χ0v) is 8.32. The third-order valence-electron chi connectivity index (χ3n) is 2.25. The lowest BCUT2D eigenvalue weighted by Crippen LogP contribution is -2.47. The Bertz CT molecular complexity index is 182. The van der Waals surface area contributed by atoms with Gasteiger partial charge in [-0.3, -0.25) is 4.79 Å². The summed E-state index contributed by atoms with van der Waals surface area (Å²) >= 11 is 0. The second kappa shape index (κ2) is 4.58. The SMILES string of the molecule is CC1COCCCN1C(=O)[C@@H](C)N. The predicted octanol–water partition coefficient (Wildman–Crippen LogP) is -0.0290. The first-order valence-electron chi connectivity index (χ1n) is 4.76. The van der Waals surface area contributed by atoms with Crippen LogP contribution < -0.4 is 5.73 Å². The molecule has 1 amide bonds. The maximum Gasteiger partial charge on any atom is 0.239 e. The van der Waals surface area contributed by atoms with E-state index in [0.29, 0.717) is 6.61 Å². The fourth-order valence-corrected chi connectivity index (χ4v) is 1.49. The molecule has 2 N–H and O–H groups in total. The molecule has 0 bridgehead atoms. The lowest BCUT2D eigenvalue weighted by atomic mass is 10.2. The largest absolute Gasteiger partial charge is 0.379 e. The highest BCUT2D eigenvalue weighted by Crippen LogP contribution is 2.08. The second-order valence-electron chi connectivity index (χ2n) is 3.60. The maximum atomic E-state index is 11.6. The van der Waals surface area contributed by atoms with Crippen LogP contribution in [0.15, 0.2) is 0 Å². The highest BCUT2D eigenvalue weighted by molar-refractivity contribution is 5.81. The zero-order chi connectivity index (χ0) is 9.84. The molecular weight excluding hydrogens is 168 g/mol. The standard InChI is InChI=1S/C9H18N2O2/c1-7-6-13-5-3-4-11(7)9(12)8(2)10/h7-8H,3-6,10H2,1-2H3/t7?,8-/m1/s1. The third kappa shape index (κ3) is 2.67. The fourth-order valence-electron chi connectivity index (χ4n) is 1.49. The summed E-state index contributed by atoms with van der Waals surface area (Å²) in [6.45, 7) is 5.85. The van der Waals surface area contributed by atoms with Crippen molar-refractivity contribution in [1.29, 1.82) is 0 Å². The maximum absolute atomic E-state index is 11.6. The van der Waals surface area contributed by atoms with Crippen molar-refractivity contribution in [3.05, 3.63) is 0 Å². The van der Waals surface area contributed by atoms with Gasteiger partial charge in [-0.25, -0.2) is 0 Å². The molecule has 0 aromatic rings. The van der Waals surface area contributed by atoms with Crippen molar-refractivity contribution < 1.29 is 9.53 Å². The molecule has 1 fully saturated rings. The van der Waals surface area contributed by atoms with E-state index in [1.54, 1.807) is 6.92 Å². The number of rotatable bonds is 1. The van der Waals surface area contributed by atoms with Crippen LogP contribution >= 0.6 is 0 Å². The minimum absolute atomic E-state index is 0.0259. The number of carbonyl (C=O) groups is 1. The Morgan fingerprint density at radius 2 is 2.38 bits per heavy atom. The van der Waals surface area contributed by atoms with Crippen molar-refractivity contribution in [3.63, 3.8) is 0 Å². The Morgan fingerprint density at radius 3 is 3.00 bits per heavy atom. The van der Waals surface area contributed by atoms with E-state index in [1.165, 1.54) is 0 Å². The number of nitrogens with zero attached hydrogens (tertiary/aromatic N) is 1. The first-order chi connectivity index (χ1) is 6.13. The van der Waals surface area contributed by atoms with Gasteiger partial charge in [-0.2, -0.15) is 0 Å². The predicted molar refractivity (Wildman–Crippen MR) is 50.3 cm³/mol. The molecular formula is C9H18N2O2. The van der Waals surface area contributed by atoms with Crippen LogP contribution in [0.1, 0.15) is 20.3 Å². The zero-order valence-electron chi connectivity index (χ0n) is 8.32.